The van der Waals surface area contributed by atoms with Crippen LogP contribution in [0.15, 0.2) is 35.9 Å². The molecule has 0 aliphatic heterocycles. The van der Waals surface area contributed by atoms with Crippen LogP contribution in [0.5, 0.6) is 11.5 Å². The zero-order valence-corrected chi connectivity index (χ0v) is 17.0. The molecule has 0 aliphatic carbocycles. The molecule has 2 aromatic heterocycles. The number of carbonyl (C=O) groups excluding carboxylic acids is 1. The van der Waals surface area contributed by atoms with Crippen LogP contribution in [0.1, 0.15) is 21.8 Å². The molecule has 3 rings (SSSR count). The number of amides is 1. The molecule has 0 fully saturated rings. The number of hydrogen-bond donors (Lipinski definition) is 1. The number of aryl methyl sites for hydroxylation is 2. The van der Waals surface area contributed by atoms with Gasteiger partial charge in [-0.15, -0.1) is 11.3 Å². The van der Waals surface area contributed by atoms with E-state index in [-0.39, 0.29) is 5.91 Å². The Balaban J connectivity index is 1.74. The molecule has 0 aliphatic rings. The Bertz CT molecular complexity index is 1010. The van der Waals surface area contributed by atoms with Crippen LogP contribution in [0.3, 0.4) is 0 Å². The third-order valence-electron chi connectivity index (χ3n) is 4.09. The number of thiazole rings is 1. The molecule has 0 spiro atoms. The molecule has 28 heavy (non-hydrogen) atoms. The van der Waals surface area contributed by atoms with Gasteiger partial charge < -0.3 is 14.8 Å². The molecular formula is C20H22N4O3S. The van der Waals surface area contributed by atoms with Gasteiger partial charge in [-0.3, -0.25) is 4.79 Å². The Morgan fingerprint density at radius 3 is 2.71 bits per heavy atom. The van der Waals surface area contributed by atoms with E-state index < -0.39 is 0 Å². The van der Waals surface area contributed by atoms with Gasteiger partial charge in [-0.25, -0.2) is 9.67 Å². The van der Waals surface area contributed by atoms with E-state index in [9.17, 15) is 4.79 Å². The van der Waals surface area contributed by atoms with E-state index in [1.807, 2.05) is 37.4 Å². The number of anilines is 1. The Labute approximate surface area is 167 Å². The zero-order valence-electron chi connectivity index (χ0n) is 16.2. The molecule has 7 nitrogen and oxygen atoms in total. The monoisotopic (exact) mass is 398 g/mol. The summed E-state index contributed by atoms with van der Waals surface area (Å²) in [6.45, 7) is 4.32. The summed E-state index contributed by atoms with van der Waals surface area (Å²) in [5, 5.41) is 10.2. The van der Waals surface area contributed by atoms with Crippen LogP contribution in [-0.2, 0) is 11.3 Å². The molecule has 3 aromatic rings. The molecule has 2 heterocycles. The van der Waals surface area contributed by atoms with E-state index in [1.54, 1.807) is 42.5 Å². The van der Waals surface area contributed by atoms with E-state index in [4.69, 9.17) is 9.47 Å². The Hall–Kier alpha value is -3.13. The molecule has 0 saturated heterocycles. The maximum absolute atomic E-state index is 12.3. The maximum Gasteiger partial charge on any atom is 0.249 e. The molecule has 0 saturated carbocycles. The Morgan fingerprint density at radius 1 is 1.25 bits per heavy atom. The van der Waals surface area contributed by atoms with Crippen LogP contribution in [0.2, 0.25) is 0 Å². The number of carbonyl (C=O) groups is 1. The third kappa shape index (κ3) is 4.58. The second kappa shape index (κ2) is 8.71. The van der Waals surface area contributed by atoms with Gasteiger partial charge in [0.2, 0.25) is 5.91 Å². The van der Waals surface area contributed by atoms with Gasteiger partial charge in [0.15, 0.2) is 11.5 Å². The number of nitrogens with zero attached hydrogens (tertiary/aromatic N) is 3. The zero-order chi connectivity index (χ0) is 20.1. The minimum absolute atomic E-state index is 0.234. The molecule has 0 unspecified atom stereocenters. The highest BCUT2D eigenvalue weighted by Gasteiger charge is 2.12. The summed E-state index contributed by atoms with van der Waals surface area (Å²) in [4.78, 5) is 16.6. The smallest absolute Gasteiger partial charge is 0.249 e. The lowest BCUT2D eigenvalue weighted by molar-refractivity contribution is -0.111. The van der Waals surface area contributed by atoms with E-state index in [0.717, 1.165) is 21.8 Å². The van der Waals surface area contributed by atoms with E-state index in [1.165, 1.54) is 6.08 Å². The van der Waals surface area contributed by atoms with Crippen molar-refractivity contribution in [1.82, 2.24) is 14.8 Å². The summed E-state index contributed by atoms with van der Waals surface area (Å²) in [6.07, 6.45) is 4.90. The largest absolute Gasteiger partial charge is 0.493 e. The molecular weight excluding hydrogens is 376 g/mol. The highest BCUT2D eigenvalue weighted by molar-refractivity contribution is 7.09. The summed E-state index contributed by atoms with van der Waals surface area (Å²) >= 11 is 1.55. The van der Waals surface area contributed by atoms with Crippen molar-refractivity contribution >= 4 is 29.1 Å². The van der Waals surface area contributed by atoms with Crippen LogP contribution in [0, 0.1) is 13.8 Å². The minimum Gasteiger partial charge on any atom is -0.493 e. The predicted molar refractivity (Wildman–Crippen MR) is 110 cm³/mol. The first kappa shape index (κ1) is 19.6. The van der Waals surface area contributed by atoms with Crippen molar-refractivity contribution in [3.63, 3.8) is 0 Å². The number of hydrogen-bond acceptors (Lipinski definition) is 6. The van der Waals surface area contributed by atoms with Crippen molar-refractivity contribution in [3.05, 3.63) is 57.7 Å². The number of ether oxygens (including phenoxy) is 2. The lowest BCUT2D eigenvalue weighted by atomic mass is 10.2. The van der Waals surface area contributed by atoms with Crippen molar-refractivity contribution in [2.45, 2.75) is 20.4 Å². The van der Waals surface area contributed by atoms with E-state index in [2.05, 4.69) is 15.4 Å². The number of aromatic nitrogens is 3. The van der Waals surface area contributed by atoms with Crippen molar-refractivity contribution in [2.24, 2.45) is 0 Å². The molecule has 0 bridgehead atoms. The van der Waals surface area contributed by atoms with Crippen LogP contribution in [0.4, 0.5) is 5.82 Å². The Kier molecular flexibility index (Phi) is 6.10. The van der Waals surface area contributed by atoms with Crippen LogP contribution < -0.4 is 14.8 Å². The second-order valence-corrected chi connectivity index (χ2v) is 7.20. The topological polar surface area (TPSA) is 78.3 Å². The third-order valence-corrected chi connectivity index (χ3v) is 4.88. The van der Waals surface area contributed by atoms with Gasteiger partial charge >= 0.3 is 0 Å². The SMILES string of the molecule is COc1ccc(Cn2ncc(C)c2NC(=O)/C=C/c2csc(C)n2)cc1OC. The number of rotatable bonds is 7. The van der Waals surface area contributed by atoms with Gasteiger partial charge in [0.25, 0.3) is 0 Å². The summed E-state index contributed by atoms with van der Waals surface area (Å²) in [5.41, 5.74) is 2.63. The maximum atomic E-state index is 12.3. The number of methoxy groups -OCH3 is 2. The predicted octanol–water partition coefficient (Wildman–Crippen LogP) is 3.67. The van der Waals surface area contributed by atoms with Crippen LogP contribution in [0.25, 0.3) is 6.08 Å². The first-order chi connectivity index (χ1) is 13.5. The second-order valence-electron chi connectivity index (χ2n) is 6.14. The highest BCUT2D eigenvalue weighted by Crippen LogP contribution is 2.28. The van der Waals surface area contributed by atoms with Gasteiger partial charge in [0.1, 0.15) is 5.82 Å². The summed E-state index contributed by atoms with van der Waals surface area (Å²) in [6, 6.07) is 5.68. The first-order valence-electron chi connectivity index (χ1n) is 8.64. The van der Waals surface area contributed by atoms with Crippen LogP contribution >= 0.6 is 11.3 Å². The van der Waals surface area contributed by atoms with Crippen molar-refractivity contribution in [3.8, 4) is 11.5 Å². The lowest BCUT2D eigenvalue weighted by Crippen LogP contribution is -2.14. The van der Waals surface area contributed by atoms with Crippen molar-refractivity contribution < 1.29 is 14.3 Å². The quantitative estimate of drug-likeness (QED) is 0.615. The molecule has 1 amide bonds. The summed E-state index contributed by atoms with van der Waals surface area (Å²) in [5.74, 6) is 1.73. The van der Waals surface area contributed by atoms with E-state index >= 15 is 0 Å². The average molecular weight is 398 g/mol. The molecule has 146 valence electrons. The highest BCUT2D eigenvalue weighted by atomic mass is 32.1. The molecule has 8 heteroatoms. The molecule has 0 atom stereocenters. The average Bonchev–Trinajstić information content (AvgIpc) is 3.26. The fourth-order valence-electron chi connectivity index (χ4n) is 2.69. The van der Waals surface area contributed by atoms with Crippen molar-refractivity contribution in [2.75, 3.05) is 19.5 Å². The van der Waals surface area contributed by atoms with Gasteiger partial charge in [-0.05, 0) is 37.6 Å². The van der Waals surface area contributed by atoms with Crippen LogP contribution in [-0.4, -0.2) is 34.9 Å². The van der Waals surface area contributed by atoms with Gasteiger partial charge in [0, 0.05) is 17.0 Å². The lowest BCUT2D eigenvalue weighted by Gasteiger charge is -2.12. The standard InChI is InChI=1S/C20H22N4O3S/c1-13-10-21-24(11-15-5-7-17(26-3)18(9-15)27-4)20(13)23-19(25)8-6-16-12-28-14(2)22-16/h5-10,12H,11H2,1-4H3,(H,23,25)/b8-6+. The van der Waals surface area contributed by atoms with Gasteiger partial charge in [-0.2, -0.15) is 5.10 Å². The van der Waals surface area contributed by atoms with E-state index in [0.29, 0.717) is 23.9 Å². The number of benzene rings is 1. The summed E-state index contributed by atoms with van der Waals surface area (Å²) in [7, 11) is 3.20. The number of nitrogens with one attached hydrogen (secondary N) is 1. The minimum atomic E-state index is -0.234. The summed E-state index contributed by atoms with van der Waals surface area (Å²) < 4.78 is 12.4. The van der Waals surface area contributed by atoms with Gasteiger partial charge in [0.05, 0.1) is 37.7 Å². The van der Waals surface area contributed by atoms with Crippen molar-refractivity contribution in [1.29, 1.82) is 0 Å². The molecule has 1 aromatic carbocycles. The fraction of sp³-hybridized carbons (Fsp3) is 0.250. The molecule has 0 radical (unpaired) electrons. The van der Waals surface area contributed by atoms with Gasteiger partial charge in [-0.1, -0.05) is 6.07 Å². The Morgan fingerprint density at radius 2 is 2.04 bits per heavy atom. The first-order valence-corrected chi connectivity index (χ1v) is 9.52. The molecule has 1 N–H and O–H groups in total. The normalized spacial score (nSPS) is 11.0. The fourth-order valence-corrected chi connectivity index (χ4v) is 3.27.